The van der Waals surface area contributed by atoms with Gasteiger partial charge in [0.1, 0.15) is 5.82 Å². The summed E-state index contributed by atoms with van der Waals surface area (Å²) in [4.78, 5) is 10.8. The number of rotatable bonds is 1. The number of halogens is 1. The van der Waals surface area contributed by atoms with E-state index in [4.69, 9.17) is 5.73 Å². The molecule has 0 fully saturated rings. The molecule has 0 aromatic heterocycles. The molecule has 0 saturated carbocycles. The highest BCUT2D eigenvalue weighted by molar-refractivity contribution is 5.72. The summed E-state index contributed by atoms with van der Waals surface area (Å²) in [6.45, 7) is 0. The van der Waals surface area contributed by atoms with Crippen LogP contribution < -0.4 is 11.1 Å². The van der Waals surface area contributed by atoms with E-state index in [2.05, 4.69) is 5.32 Å². The summed E-state index contributed by atoms with van der Waals surface area (Å²) in [5.74, 6) is -0.191. The SMILES string of the molecule is NC(=O)NC1CCCc2c(F)cccc21. The predicted molar refractivity (Wildman–Crippen MR) is 54.8 cm³/mol. The number of urea groups is 1. The minimum Gasteiger partial charge on any atom is -0.352 e. The predicted octanol–water partition coefficient (Wildman–Crippen LogP) is 1.87. The summed E-state index contributed by atoms with van der Waals surface area (Å²) in [5.41, 5.74) is 6.65. The van der Waals surface area contributed by atoms with Crippen molar-refractivity contribution in [2.24, 2.45) is 5.73 Å². The minimum absolute atomic E-state index is 0.137. The fraction of sp³-hybridized carbons (Fsp3) is 0.364. The first-order valence-corrected chi connectivity index (χ1v) is 5.01. The Hall–Kier alpha value is -1.58. The summed E-state index contributed by atoms with van der Waals surface area (Å²) in [6, 6.07) is 4.26. The van der Waals surface area contributed by atoms with E-state index < -0.39 is 6.03 Å². The van der Waals surface area contributed by atoms with Crippen LogP contribution in [-0.2, 0) is 6.42 Å². The second-order valence-corrected chi connectivity index (χ2v) is 3.76. The maximum absolute atomic E-state index is 13.4. The normalized spacial score (nSPS) is 19.4. The third kappa shape index (κ3) is 1.93. The Morgan fingerprint density at radius 3 is 3.07 bits per heavy atom. The number of hydrogen-bond acceptors (Lipinski definition) is 1. The maximum atomic E-state index is 13.4. The van der Waals surface area contributed by atoms with Gasteiger partial charge in [-0.25, -0.2) is 9.18 Å². The molecule has 0 heterocycles. The molecule has 1 aliphatic rings. The number of primary amides is 1. The van der Waals surface area contributed by atoms with E-state index in [0.717, 1.165) is 24.8 Å². The molecule has 1 aliphatic carbocycles. The van der Waals surface area contributed by atoms with Gasteiger partial charge in [0.15, 0.2) is 0 Å². The molecular weight excluding hydrogens is 195 g/mol. The molecule has 0 radical (unpaired) electrons. The lowest BCUT2D eigenvalue weighted by molar-refractivity contribution is 0.243. The Morgan fingerprint density at radius 2 is 2.33 bits per heavy atom. The Balaban J connectivity index is 2.34. The monoisotopic (exact) mass is 208 g/mol. The highest BCUT2D eigenvalue weighted by atomic mass is 19.1. The van der Waals surface area contributed by atoms with Gasteiger partial charge in [0, 0.05) is 0 Å². The van der Waals surface area contributed by atoms with Crippen molar-refractivity contribution < 1.29 is 9.18 Å². The minimum atomic E-state index is -0.558. The summed E-state index contributed by atoms with van der Waals surface area (Å²) in [6.07, 6.45) is 2.43. The third-order valence-corrected chi connectivity index (χ3v) is 2.77. The molecular formula is C11H13FN2O. The van der Waals surface area contributed by atoms with Gasteiger partial charge in [-0.3, -0.25) is 0 Å². The highest BCUT2D eigenvalue weighted by Crippen LogP contribution is 2.30. The lowest BCUT2D eigenvalue weighted by atomic mass is 9.87. The molecule has 4 heteroatoms. The van der Waals surface area contributed by atoms with Crippen LogP contribution in [0.2, 0.25) is 0 Å². The molecule has 1 unspecified atom stereocenters. The molecule has 0 bridgehead atoms. The summed E-state index contributed by atoms with van der Waals surface area (Å²) < 4.78 is 13.4. The Kier molecular flexibility index (Phi) is 2.58. The van der Waals surface area contributed by atoms with Crippen LogP contribution in [0.25, 0.3) is 0 Å². The smallest absolute Gasteiger partial charge is 0.312 e. The lowest BCUT2D eigenvalue weighted by Crippen LogP contribution is -2.35. The molecule has 0 saturated heterocycles. The summed E-state index contributed by atoms with van der Waals surface area (Å²) >= 11 is 0. The van der Waals surface area contributed by atoms with Crippen molar-refractivity contribution in [3.63, 3.8) is 0 Å². The molecule has 1 atom stereocenters. The number of nitrogens with one attached hydrogen (secondary N) is 1. The molecule has 0 aliphatic heterocycles. The average Bonchev–Trinajstić information content (AvgIpc) is 2.19. The summed E-state index contributed by atoms with van der Waals surface area (Å²) in [7, 11) is 0. The Bertz CT molecular complexity index is 392. The number of benzene rings is 1. The van der Waals surface area contributed by atoms with E-state index in [1.165, 1.54) is 6.07 Å². The van der Waals surface area contributed by atoms with Crippen molar-refractivity contribution >= 4 is 6.03 Å². The molecule has 1 aromatic rings. The standard InChI is InChI=1S/C11H13FN2O/c12-9-5-1-4-8-7(9)3-2-6-10(8)14-11(13)15/h1,4-5,10H,2-3,6H2,(H3,13,14,15). The van der Waals surface area contributed by atoms with Gasteiger partial charge in [-0.15, -0.1) is 0 Å². The van der Waals surface area contributed by atoms with Crippen molar-refractivity contribution in [3.8, 4) is 0 Å². The van der Waals surface area contributed by atoms with Crippen molar-refractivity contribution in [1.29, 1.82) is 0 Å². The Labute approximate surface area is 87.5 Å². The van der Waals surface area contributed by atoms with Crippen LogP contribution in [0.1, 0.15) is 30.0 Å². The van der Waals surface area contributed by atoms with Crippen molar-refractivity contribution in [3.05, 3.63) is 35.1 Å². The van der Waals surface area contributed by atoms with Gasteiger partial charge in [-0.1, -0.05) is 12.1 Å². The molecule has 2 rings (SSSR count). The molecule has 1 aromatic carbocycles. The molecule has 3 nitrogen and oxygen atoms in total. The van der Waals surface area contributed by atoms with E-state index in [0.29, 0.717) is 5.56 Å². The zero-order valence-corrected chi connectivity index (χ0v) is 8.29. The van der Waals surface area contributed by atoms with Gasteiger partial charge in [0.05, 0.1) is 6.04 Å². The first-order valence-electron chi connectivity index (χ1n) is 5.01. The van der Waals surface area contributed by atoms with Gasteiger partial charge in [0.2, 0.25) is 0 Å². The second kappa shape index (κ2) is 3.88. The van der Waals surface area contributed by atoms with E-state index in [1.54, 1.807) is 6.07 Å². The number of carbonyl (C=O) groups is 1. The molecule has 2 amide bonds. The van der Waals surface area contributed by atoms with Gasteiger partial charge >= 0.3 is 6.03 Å². The fourth-order valence-electron chi connectivity index (χ4n) is 2.13. The maximum Gasteiger partial charge on any atom is 0.312 e. The summed E-state index contributed by atoms with van der Waals surface area (Å²) in [5, 5.41) is 2.64. The van der Waals surface area contributed by atoms with Crippen molar-refractivity contribution in [2.45, 2.75) is 25.3 Å². The van der Waals surface area contributed by atoms with E-state index in [1.807, 2.05) is 6.07 Å². The van der Waals surface area contributed by atoms with Crippen LogP contribution in [0.3, 0.4) is 0 Å². The van der Waals surface area contributed by atoms with Gasteiger partial charge < -0.3 is 11.1 Å². The van der Waals surface area contributed by atoms with E-state index in [-0.39, 0.29) is 11.9 Å². The Morgan fingerprint density at radius 1 is 1.53 bits per heavy atom. The fourth-order valence-corrected chi connectivity index (χ4v) is 2.13. The van der Waals surface area contributed by atoms with Crippen LogP contribution in [-0.4, -0.2) is 6.03 Å². The van der Waals surface area contributed by atoms with Gasteiger partial charge in [-0.05, 0) is 36.5 Å². The van der Waals surface area contributed by atoms with Crippen LogP contribution in [0, 0.1) is 5.82 Å². The zero-order valence-electron chi connectivity index (χ0n) is 8.29. The van der Waals surface area contributed by atoms with Crippen LogP contribution in [0.5, 0.6) is 0 Å². The van der Waals surface area contributed by atoms with Crippen LogP contribution in [0.15, 0.2) is 18.2 Å². The van der Waals surface area contributed by atoms with E-state index in [9.17, 15) is 9.18 Å². The number of hydrogen-bond donors (Lipinski definition) is 2. The first-order chi connectivity index (χ1) is 7.18. The molecule has 80 valence electrons. The van der Waals surface area contributed by atoms with Crippen molar-refractivity contribution in [1.82, 2.24) is 5.32 Å². The largest absolute Gasteiger partial charge is 0.352 e. The molecule has 0 spiro atoms. The van der Waals surface area contributed by atoms with Crippen molar-refractivity contribution in [2.75, 3.05) is 0 Å². The van der Waals surface area contributed by atoms with Gasteiger partial charge in [-0.2, -0.15) is 0 Å². The van der Waals surface area contributed by atoms with Crippen LogP contribution in [0.4, 0.5) is 9.18 Å². The van der Waals surface area contributed by atoms with Gasteiger partial charge in [0.25, 0.3) is 0 Å². The molecule has 3 N–H and O–H groups in total. The number of fused-ring (bicyclic) bond motifs is 1. The quantitative estimate of drug-likeness (QED) is 0.727. The molecule has 15 heavy (non-hydrogen) atoms. The topological polar surface area (TPSA) is 55.1 Å². The lowest BCUT2D eigenvalue weighted by Gasteiger charge is -2.25. The van der Waals surface area contributed by atoms with E-state index >= 15 is 0 Å². The number of nitrogens with two attached hydrogens (primary N) is 1. The third-order valence-electron chi connectivity index (χ3n) is 2.77. The highest BCUT2D eigenvalue weighted by Gasteiger charge is 2.22. The second-order valence-electron chi connectivity index (χ2n) is 3.76. The van der Waals surface area contributed by atoms with Crippen LogP contribution >= 0.6 is 0 Å². The first kappa shape index (κ1) is 9.96. The average molecular weight is 208 g/mol. The zero-order chi connectivity index (χ0) is 10.8. The number of amides is 2. The number of carbonyl (C=O) groups excluding carboxylic acids is 1.